The molecule has 0 aromatic heterocycles. The van der Waals surface area contributed by atoms with Crippen LogP contribution in [0.25, 0.3) is 0 Å². The van der Waals surface area contributed by atoms with Gasteiger partial charge < -0.3 is 34.2 Å². The molecule has 16 nitrogen and oxygen atoms in total. The van der Waals surface area contributed by atoms with Gasteiger partial charge in [-0.25, -0.2) is 9.13 Å². The summed E-state index contributed by atoms with van der Waals surface area (Å²) in [5.41, 5.74) is 0. The van der Waals surface area contributed by atoms with Gasteiger partial charge in [0.1, 0.15) is 25.4 Å². The van der Waals surface area contributed by atoms with Crippen molar-refractivity contribution in [1.29, 1.82) is 0 Å². The number of ether oxygens (including phenoxy) is 3. The fourth-order valence-electron chi connectivity index (χ4n) is 12.6. The highest BCUT2D eigenvalue weighted by Gasteiger charge is 2.29. The largest absolute Gasteiger partial charge is 0.472 e. The molecule has 0 saturated heterocycles. The van der Waals surface area contributed by atoms with Crippen molar-refractivity contribution in [3.8, 4) is 0 Å². The second-order valence-corrected chi connectivity index (χ2v) is 34.0. The first kappa shape index (κ1) is 114. The van der Waals surface area contributed by atoms with Crippen LogP contribution in [0, 0.1) is 0 Å². The molecule has 680 valence electrons. The molecule has 0 radical (unpaired) electrons. The lowest BCUT2D eigenvalue weighted by molar-refractivity contribution is -0.161. The van der Waals surface area contributed by atoms with Crippen molar-refractivity contribution >= 4 is 33.6 Å². The van der Waals surface area contributed by atoms with Crippen molar-refractivity contribution in [2.45, 2.75) is 399 Å². The van der Waals surface area contributed by atoms with Gasteiger partial charge in [-0.05, 0) is 148 Å². The highest BCUT2D eigenvalue weighted by molar-refractivity contribution is 7.47. The number of aliphatic hydroxyl groups is 2. The Bertz CT molecular complexity index is 2890. The Morgan fingerprint density at radius 1 is 0.244 bits per heavy atom. The van der Waals surface area contributed by atoms with Crippen molar-refractivity contribution in [3.63, 3.8) is 0 Å². The van der Waals surface area contributed by atoms with Crippen LogP contribution in [-0.2, 0) is 55.8 Å². The van der Waals surface area contributed by atoms with Gasteiger partial charge in [-0.1, -0.05) is 396 Å². The van der Waals surface area contributed by atoms with Gasteiger partial charge in [-0.15, -0.1) is 0 Å². The Labute approximate surface area is 725 Å². The third-order valence-corrected chi connectivity index (χ3v) is 21.5. The van der Waals surface area contributed by atoms with Gasteiger partial charge in [0.05, 0.1) is 26.4 Å². The Morgan fingerprint density at radius 2 is 0.462 bits per heavy atom. The zero-order chi connectivity index (χ0) is 86.5. The van der Waals surface area contributed by atoms with Crippen LogP contribution in [0.4, 0.5) is 0 Å². The lowest BCUT2D eigenvalue weighted by Crippen LogP contribution is -2.29. The predicted molar refractivity (Wildman–Crippen MR) is 500 cm³/mol. The number of esters is 3. The van der Waals surface area contributed by atoms with Crippen LogP contribution >= 0.6 is 15.6 Å². The number of hydrogen-bond acceptors (Lipinski definition) is 14. The minimum absolute atomic E-state index is 0.0250. The van der Waals surface area contributed by atoms with Crippen molar-refractivity contribution in [2.75, 3.05) is 39.6 Å². The third-order valence-electron chi connectivity index (χ3n) is 19.6. The zero-order valence-corrected chi connectivity index (χ0v) is 76.8. The van der Waals surface area contributed by atoms with Gasteiger partial charge in [0, 0.05) is 19.3 Å². The van der Waals surface area contributed by atoms with Crippen molar-refractivity contribution in [1.82, 2.24) is 0 Å². The van der Waals surface area contributed by atoms with Crippen molar-refractivity contribution < 1.29 is 75.8 Å². The summed E-state index contributed by atoms with van der Waals surface area (Å²) in [4.78, 5) is 58.9. The van der Waals surface area contributed by atoms with Gasteiger partial charge in [0.15, 0.2) is 6.10 Å². The summed E-state index contributed by atoms with van der Waals surface area (Å²) in [5, 5.41) is 20.7. The molecule has 5 atom stereocenters. The maximum Gasteiger partial charge on any atom is 0.472 e. The molecular weight excluding hydrogens is 1530 g/mol. The summed E-state index contributed by atoms with van der Waals surface area (Å²) in [6.07, 6.45) is 121. The summed E-state index contributed by atoms with van der Waals surface area (Å²) in [6.45, 7) is 2.37. The van der Waals surface area contributed by atoms with E-state index in [0.717, 1.165) is 135 Å². The first-order valence-electron chi connectivity index (χ1n) is 47.1. The smallest absolute Gasteiger partial charge is 0.463 e. The predicted octanol–water partition coefficient (Wildman–Crippen LogP) is 29.2. The van der Waals surface area contributed by atoms with Gasteiger partial charge in [-0.3, -0.25) is 32.5 Å². The highest BCUT2D eigenvalue weighted by Crippen LogP contribution is 2.45. The SMILES string of the molecule is CC/C=C\C/C=C\C/C=C\C/C=C\C/C=C\C/C=C\CCC(=O)OC(COC(=O)CCCCCCCCCCCCCCC/C=C\C/C=C\C/C=C\C/C=C\CCCCC)COP(=O)(O)OCC(O)COP(=O)(O)OCC(O)COC(=O)CCCCCCCCCCCCCCCCCCCCC/C=C\C/C=C\C/C=C\C/C=C\C/C=C\CC. The van der Waals surface area contributed by atoms with Crippen LogP contribution in [0.5, 0.6) is 0 Å². The third kappa shape index (κ3) is 93.2. The lowest BCUT2D eigenvalue weighted by atomic mass is 10.0. The van der Waals surface area contributed by atoms with E-state index in [9.17, 15) is 43.5 Å². The monoisotopic (exact) mass is 1700 g/mol. The van der Waals surface area contributed by atoms with E-state index in [1.165, 1.54) is 180 Å². The van der Waals surface area contributed by atoms with Crippen molar-refractivity contribution in [2.24, 2.45) is 0 Å². The Balaban J connectivity index is 4.54. The van der Waals surface area contributed by atoms with E-state index < -0.39 is 91.5 Å². The van der Waals surface area contributed by atoms with Crippen LogP contribution in [0.1, 0.15) is 380 Å². The fourth-order valence-corrected chi connectivity index (χ4v) is 14.1. The van der Waals surface area contributed by atoms with Crippen LogP contribution < -0.4 is 0 Å². The normalized spacial score (nSPS) is 14.6. The molecule has 0 aliphatic rings. The lowest BCUT2D eigenvalue weighted by Gasteiger charge is -2.21. The van der Waals surface area contributed by atoms with Crippen LogP contribution in [0.3, 0.4) is 0 Å². The maximum absolute atomic E-state index is 13.0. The summed E-state index contributed by atoms with van der Waals surface area (Å²) in [6, 6.07) is 0. The van der Waals surface area contributed by atoms with Crippen LogP contribution in [0.15, 0.2) is 182 Å². The number of aliphatic hydroxyl groups excluding tert-OH is 2. The maximum atomic E-state index is 13.0. The summed E-state index contributed by atoms with van der Waals surface area (Å²) in [5.74, 6) is -1.67. The van der Waals surface area contributed by atoms with Crippen molar-refractivity contribution in [3.05, 3.63) is 182 Å². The number of unbranched alkanes of at least 4 members (excludes halogenated alkanes) is 35. The van der Waals surface area contributed by atoms with E-state index in [1.807, 2.05) is 18.2 Å². The molecule has 0 fully saturated rings. The first-order valence-corrected chi connectivity index (χ1v) is 50.1. The van der Waals surface area contributed by atoms with E-state index in [2.05, 4.69) is 185 Å². The molecule has 0 aliphatic carbocycles. The molecule has 0 bridgehead atoms. The van der Waals surface area contributed by atoms with E-state index in [4.69, 9.17) is 32.3 Å². The van der Waals surface area contributed by atoms with Gasteiger partial charge in [0.2, 0.25) is 0 Å². The molecule has 0 amide bonds. The minimum atomic E-state index is -4.96. The number of carbonyl (C=O) groups is 3. The molecule has 119 heavy (non-hydrogen) atoms. The number of rotatable bonds is 88. The number of carbonyl (C=O) groups excluding carboxylic acids is 3. The van der Waals surface area contributed by atoms with Crippen LogP contribution in [-0.4, -0.2) is 95.9 Å². The number of phosphoric ester groups is 2. The molecule has 0 saturated carbocycles. The second kappa shape index (κ2) is 91.8. The molecule has 0 aliphatic heterocycles. The van der Waals surface area contributed by atoms with E-state index in [1.54, 1.807) is 0 Å². The van der Waals surface area contributed by atoms with E-state index >= 15 is 0 Å². The van der Waals surface area contributed by atoms with Gasteiger partial charge in [-0.2, -0.15) is 0 Å². The Hall–Kier alpha value is -5.35. The zero-order valence-electron chi connectivity index (χ0n) is 75.0. The van der Waals surface area contributed by atoms with Gasteiger partial charge >= 0.3 is 33.6 Å². The average Bonchev–Trinajstić information content (AvgIpc) is 0.902. The van der Waals surface area contributed by atoms with Crippen LogP contribution in [0.2, 0.25) is 0 Å². The first-order chi connectivity index (χ1) is 58.2. The Kier molecular flexibility index (Phi) is 87.7. The minimum Gasteiger partial charge on any atom is -0.463 e. The molecule has 0 rings (SSSR count). The fraction of sp³-hybridized carbons (Fsp3) is 0.673. The molecule has 0 heterocycles. The molecule has 0 aromatic carbocycles. The average molecular weight is 1700 g/mol. The quantitative estimate of drug-likeness (QED) is 0.0146. The van der Waals surface area contributed by atoms with Gasteiger partial charge in [0.25, 0.3) is 0 Å². The number of allylic oxidation sites excluding steroid dienone is 30. The summed E-state index contributed by atoms with van der Waals surface area (Å²) >= 11 is 0. The number of hydrogen-bond donors (Lipinski definition) is 4. The molecule has 4 N–H and O–H groups in total. The van der Waals surface area contributed by atoms with E-state index in [-0.39, 0.29) is 19.3 Å². The molecule has 0 spiro atoms. The molecule has 0 aromatic rings. The standard InChI is InChI=1S/C101H170O16P2/c1-4-7-10-13-16-19-22-25-28-31-34-36-38-40-42-44-45-46-47-48-49-51-53-54-56-58-61-63-66-69-72-75-78-81-84-87-99(104)111-90-96(102)91-113-118(107,108)114-92-97(103)93-115-119(109,110)116-95-98(117-101(106)89-86-83-80-77-74-71-68-65-60-33-30-27-24-21-18-15-12-9-6-3)94-112-100(105)88-85-82-79-76-73-70-67-64-62-59-57-55-52-50-43-41-39-37-35-32-29-26-23-20-17-14-11-8-5-2/h7,9-10,12,16-21,25-30,34-37,40-43,60,65,71,74,80,83,96-98,102-103H,4-6,8,11,13-15,22-24,31-33,38-39,44-59,61-64,66-70,72-73,75-79,81-82,84-95H2,1-3H3,(H,107,108)(H,109,110)/b10-7-,12-9-,19-16-,20-17-,21-18-,28-25-,29-26-,30-27-,36-34-,37-35-,42-40-,43-41-,65-60-,74-71-,83-80-. The molecule has 18 heteroatoms. The topological polar surface area (TPSA) is 231 Å². The summed E-state index contributed by atoms with van der Waals surface area (Å²) in [7, 11) is -9.84. The molecule has 5 unspecified atom stereocenters. The summed E-state index contributed by atoms with van der Waals surface area (Å²) < 4.78 is 61.4. The second-order valence-electron chi connectivity index (χ2n) is 31.0. The number of phosphoric acid groups is 2. The highest BCUT2D eigenvalue weighted by atomic mass is 31.2. The molecular formula is C101H170O16P2. The van der Waals surface area contributed by atoms with E-state index in [0.29, 0.717) is 25.7 Å². The Morgan fingerprint density at radius 3 is 0.739 bits per heavy atom.